The Labute approximate surface area is 216 Å². The van der Waals surface area contributed by atoms with E-state index >= 15 is 0 Å². The lowest BCUT2D eigenvalue weighted by molar-refractivity contribution is 0.122. The average Bonchev–Trinajstić information content (AvgIpc) is 3.68. The number of methoxy groups -OCH3 is 2. The summed E-state index contributed by atoms with van der Waals surface area (Å²) in [6.45, 7) is 5.71. The minimum absolute atomic E-state index is 0.149. The molecule has 1 atom stereocenters. The van der Waals surface area contributed by atoms with Gasteiger partial charge in [-0.3, -0.25) is 5.43 Å². The van der Waals surface area contributed by atoms with E-state index in [1.54, 1.807) is 25.6 Å². The predicted molar refractivity (Wildman–Crippen MR) is 139 cm³/mol. The third-order valence-corrected chi connectivity index (χ3v) is 8.45. The number of benzene rings is 1. The van der Waals surface area contributed by atoms with Gasteiger partial charge in [0, 0.05) is 37.2 Å². The molecule has 1 fully saturated rings. The van der Waals surface area contributed by atoms with Crippen LogP contribution < -0.4 is 19.8 Å². The van der Waals surface area contributed by atoms with Crippen LogP contribution >= 0.6 is 23.1 Å². The molecule has 3 aromatic heterocycles. The number of nitrogens with one attached hydrogen (secondary N) is 1. The summed E-state index contributed by atoms with van der Waals surface area (Å²) in [5.41, 5.74) is 5.42. The molecule has 0 spiro atoms. The molecule has 12 heteroatoms. The second-order valence-corrected chi connectivity index (χ2v) is 10.4. The summed E-state index contributed by atoms with van der Waals surface area (Å²) >= 11 is 3.24. The van der Waals surface area contributed by atoms with Crippen LogP contribution in [-0.2, 0) is 22.5 Å². The first kappa shape index (κ1) is 23.5. The van der Waals surface area contributed by atoms with E-state index in [1.165, 1.54) is 16.6 Å². The van der Waals surface area contributed by atoms with E-state index in [0.29, 0.717) is 29.4 Å². The van der Waals surface area contributed by atoms with Gasteiger partial charge >= 0.3 is 0 Å². The van der Waals surface area contributed by atoms with Gasteiger partial charge in [0.05, 0.1) is 37.6 Å². The van der Waals surface area contributed by atoms with Crippen molar-refractivity contribution in [1.82, 2.24) is 14.6 Å². The fourth-order valence-corrected chi connectivity index (χ4v) is 6.11. The number of furan rings is 1. The van der Waals surface area contributed by atoms with Crippen LogP contribution in [0.2, 0.25) is 0 Å². The maximum absolute atomic E-state index is 6.33. The number of imidazole rings is 1. The molecule has 2 aliphatic rings. The van der Waals surface area contributed by atoms with Gasteiger partial charge in [0.15, 0.2) is 21.6 Å². The Hall–Kier alpha value is -2.93. The first-order chi connectivity index (χ1) is 17.6. The number of hydrogen-bond donors (Lipinski definition) is 1. The number of hydrogen-bond acceptors (Lipinski definition) is 11. The molecule has 6 rings (SSSR count). The van der Waals surface area contributed by atoms with Crippen LogP contribution in [0.1, 0.15) is 17.5 Å². The lowest BCUT2D eigenvalue weighted by Crippen LogP contribution is -2.36. The number of thioether (sulfide) groups is 1. The van der Waals surface area contributed by atoms with Crippen molar-refractivity contribution in [2.75, 3.05) is 50.8 Å². The molecule has 10 nitrogen and oxygen atoms in total. The van der Waals surface area contributed by atoms with Gasteiger partial charge in [0.25, 0.3) is 0 Å². The highest BCUT2D eigenvalue weighted by Crippen LogP contribution is 2.39. The molecule has 2 aliphatic heterocycles. The topological polar surface area (TPSA) is 96.0 Å². The number of ether oxygens (including phenoxy) is 4. The van der Waals surface area contributed by atoms with Crippen molar-refractivity contribution in [3.8, 4) is 23.0 Å². The van der Waals surface area contributed by atoms with Crippen molar-refractivity contribution in [3.63, 3.8) is 0 Å². The van der Waals surface area contributed by atoms with Gasteiger partial charge in [-0.2, -0.15) is 0 Å². The summed E-state index contributed by atoms with van der Waals surface area (Å²) in [7, 11) is 3.29. The molecule has 0 radical (unpaired) electrons. The summed E-state index contributed by atoms with van der Waals surface area (Å²) in [5.74, 6) is 1.99. The van der Waals surface area contributed by atoms with Gasteiger partial charge in [-0.15, -0.1) is 11.3 Å². The monoisotopic (exact) mass is 529 g/mol. The minimum Gasteiger partial charge on any atom is -0.496 e. The number of aryl methyl sites for hydroxylation is 1. The summed E-state index contributed by atoms with van der Waals surface area (Å²) < 4.78 is 30.7. The van der Waals surface area contributed by atoms with Crippen LogP contribution in [0.4, 0.5) is 5.13 Å². The van der Waals surface area contributed by atoms with E-state index in [2.05, 4.69) is 22.2 Å². The molecule has 0 saturated carbocycles. The Kier molecular flexibility index (Phi) is 6.42. The number of morpholine rings is 1. The lowest BCUT2D eigenvalue weighted by atomic mass is 10.2. The molecule has 0 bridgehead atoms. The molecule has 1 aromatic carbocycles. The third kappa shape index (κ3) is 4.38. The Morgan fingerprint density at radius 2 is 2.03 bits per heavy atom. The normalized spacial score (nSPS) is 17.4. The maximum Gasteiger partial charge on any atom is 0.196 e. The van der Waals surface area contributed by atoms with Crippen molar-refractivity contribution in [1.29, 1.82) is 0 Å². The van der Waals surface area contributed by atoms with Crippen molar-refractivity contribution in [3.05, 3.63) is 35.0 Å². The second kappa shape index (κ2) is 9.85. The molecule has 36 heavy (non-hydrogen) atoms. The third-order valence-electron chi connectivity index (χ3n) is 6.14. The number of nitrogens with zero attached hydrogens (tertiary/aromatic N) is 4. The van der Waals surface area contributed by atoms with Crippen LogP contribution in [0.25, 0.3) is 22.4 Å². The fraction of sp³-hybridized carbons (Fsp3) is 0.417. The van der Waals surface area contributed by atoms with E-state index in [1.807, 2.05) is 29.1 Å². The Morgan fingerprint density at radius 3 is 2.78 bits per heavy atom. The molecular formula is C24H27N5O5S2. The van der Waals surface area contributed by atoms with Gasteiger partial charge in [0.1, 0.15) is 29.4 Å². The molecule has 0 aliphatic carbocycles. The fourth-order valence-electron chi connectivity index (χ4n) is 4.24. The molecule has 1 unspecified atom stereocenters. The van der Waals surface area contributed by atoms with Crippen LogP contribution in [0, 0.1) is 0 Å². The van der Waals surface area contributed by atoms with Gasteiger partial charge in [-0.1, -0.05) is 6.92 Å². The smallest absolute Gasteiger partial charge is 0.196 e. The van der Waals surface area contributed by atoms with Crippen molar-refractivity contribution >= 4 is 39.2 Å². The molecule has 0 amide bonds. The summed E-state index contributed by atoms with van der Waals surface area (Å²) in [4.78, 5) is 13.1. The molecule has 4 aromatic rings. The average molecular weight is 530 g/mol. The highest BCUT2D eigenvalue weighted by Gasteiger charge is 2.25. The predicted octanol–water partition coefficient (Wildman–Crippen LogP) is 4.32. The highest BCUT2D eigenvalue weighted by molar-refractivity contribution is 7.99. The number of fused-ring (bicyclic) bond motifs is 2. The Morgan fingerprint density at radius 1 is 1.17 bits per heavy atom. The van der Waals surface area contributed by atoms with Crippen LogP contribution in [-0.4, -0.2) is 60.7 Å². The van der Waals surface area contributed by atoms with Crippen molar-refractivity contribution in [2.45, 2.75) is 30.7 Å². The molecular weight excluding hydrogens is 502 g/mol. The standard InChI is InChI=1S/C24H27N5O5S2/c1-4-21-17(26-22(35-21)28-5-7-32-8-6-28)13-33-18-9-14(30-2)10-19-15(18)11-20(34-19)16-12-29-23(25-16)36-24(27-29)31-3/h9-12,24,27H,4-8,13H2,1-3H3. The van der Waals surface area contributed by atoms with E-state index in [0.717, 1.165) is 59.8 Å². The molecule has 5 heterocycles. The summed E-state index contributed by atoms with van der Waals surface area (Å²) in [6, 6.07) is 5.71. The number of rotatable bonds is 8. The first-order valence-electron chi connectivity index (χ1n) is 11.8. The molecule has 190 valence electrons. The zero-order valence-corrected chi connectivity index (χ0v) is 21.9. The largest absolute Gasteiger partial charge is 0.496 e. The van der Waals surface area contributed by atoms with Crippen LogP contribution in [0.5, 0.6) is 11.5 Å². The minimum atomic E-state index is -0.149. The van der Waals surface area contributed by atoms with Gasteiger partial charge in [0.2, 0.25) is 0 Å². The zero-order chi connectivity index (χ0) is 24.6. The zero-order valence-electron chi connectivity index (χ0n) is 20.3. The molecule has 1 saturated heterocycles. The maximum atomic E-state index is 6.33. The molecule has 1 N–H and O–H groups in total. The number of anilines is 1. The summed E-state index contributed by atoms with van der Waals surface area (Å²) in [6.07, 6.45) is 2.80. The van der Waals surface area contributed by atoms with Crippen LogP contribution in [0.15, 0.2) is 34.0 Å². The van der Waals surface area contributed by atoms with Gasteiger partial charge in [-0.05, 0) is 24.2 Å². The highest BCUT2D eigenvalue weighted by atomic mass is 32.2. The van der Waals surface area contributed by atoms with Crippen molar-refractivity contribution in [2.24, 2.45) is 0 Å². The quantitative estimate of drug-likeness (QED) is 0.356. The van der Waals surface area contributed by atoms with Gasteiger partial charge in [-0.25, -0.2) is 14.6 Å². The second-order valence-electron chi connectivity index (χ2n) is 8.35. The SMILES string of the molecule is CCc1sc(N2CCOCC2)nc1COc1cc(OC)cc2oc(-c3cn4c(n3)SC(OC)N4)cc12. The first-order valence-corrected chi connectivity index (χ1v) is 13.5. The van der Waals surface area contributed by atoms with E-state index < -0.39 is 0 Å². The van der Waals surface area contributed by atoms with Gasteiger partial charge < -0.3 is 28.3 Å². The van der Waals surface area contributed by atoms with Crippen LogP contribution in [0.3, 0.4) is 0 Å². The number of aromatic nitrogens is 3. The van der Waals surface area contributed by atoms with E-state index in [9.17, 15) is 0 Å². The van der Waals surface area contributed by atoms with E-state index in [4.69, 9.17) is 28.3 Å². The Balaban J connectivity index is 1.27. The van der Waals surface area contributed by atoms with Crippen molar-refractivity contribution < 1.29 is 23.4 Å². The number of thiazole rings is 1. The Bertz CT molecular complexity index is 1350. The lowest BCUT2D eigenvalue weighted by Gasteiger charge is -2.26. The van der Waals surface area contributed by atoms with E-state index in [-0.39, 0.29) is 5.56 Å². The summed E-state index contributed by atoms with van der Waals surface area (Å²) in [5, 5.41) is 2.71.